The van der Waals surface area contributed by atoms with Crippen molar-refractivity contribution in [1.29, 1.82) is 0 Å². The highest BCUT2D eigenvalue weighted by Crippen LogP contribution is 2.34. The lowest BCUT2D eigenvalue weighted by Crippen LogP contribution is -2.40. The van der Waals surface area contributed by atoms with Gasteiger partial charge in [-0.3, -0.25) is 9.59 Å². The molecule has 10 heteroatoms. The van der Waals surface area contributed by atoms with Crippen LogP contribution in [0, 0.1) is 5.82 Å². The summed E-state index contributed by atoms with van der Waals surface area (Å²) < 4.78 is 21.1. The number of rotatable bonds is 8. The number of carbonyl (C=O) groups is 2. The third kappa shape index (κ3) is 5.22. The van der Waals surface area contributed by atoms with Crippen LogP contribution in [0.4, 0.5) is 10.2 Å². The van der Waals surface area contributed by atoms with E-state index in [0.29, 0.717) is 47.8 Å². The highest BCUT2D eigenvalue weighted by Gasteiger charge is 2.28. The van der Waals surface area contributed by atoms with E-state index in [1.807, 2.05) is 28.9 Å². The summed E-state index contributed by atoms with van der Waals surface area (Å²) in [6, 6.07) is 11.8. The monoisotopic (exact) mass is 528 g/mol. The molecule has 1 amide bonds. The summed E-state index contributed by atoms with van der Waals surface area (Å²) >= 11 is 0. The first-order chi connectivity index (χ1) is 18.9. The van der Waals surface area contributed by atoms with Crippen LogP contribution in [-0.4, -0.2) is 56.5 Å². The maximum atomic E-state index is 14.2. The van der Waals surface area contributed by atoms with Crippen LogP contribution in [0.2, 0.25) is 0 Å². The number of hydrogen-bond donors (Lipinski definition) is 1. The highest BCUT2D eigenvalue weighted by molar-refractivity contribution is 5.98. The molecule has 1 fully saturated rings. The number of carbonyl (C=O) groups excluding carboxylic acids is 2. The maximum Gasteiger partial charge on any atom is 0.246 e. The normalized spacial score (nSPS) is 15.3. The second-order valence-corrected chi connectivity index (χ2v) is 9.50. The number of amides is 1. The number of Topliss-reactive ketones (excluding diaryl/α,β-unsaturated/α-hetero) is 1. The molecule has 39 heavy (non-hydrogen) atoms. The lowest BCUT2D eigenvalue weighted by atomic mass is 10.0. The Hall–Kier alpha value is -4.60. The van der Waals surface area contributed by atoms with E-state index in [2.05, 4.69) is 16.5 Å². The molecular formula is C29H29FN6O3. The van der Waals surface area contributed by atoms with Gasteiger partial charge in [0.05, 0.1) is 24.1 Å². The van der Waals surface area contributed by atoms with E-state index in [1.54, 1.807) is 4.90 Å². The standard InChI is InChI=1S/C29H29FN6O3/c1-3-25(38)35-14-4-5-20(16-35)36-29-26(28(31)32-17-33-29)27(34-36)19-9-6-18(7-10-19)8-13-24(37)22-15-21(39-2)11-12-23(22)30/h3,6-7,9-12,15,17,20H,1,4-5,8,13-14,16H2,2H3,(H2,31,32,33). The van der Waals surface area contributed by atoms with Gasteiger partial charge in [-0.05, 0) is 49.1 Å². The molecular weight excluding hydrogens is 499 g/mol. The van der Waals surface area contributed by atoms with Gasteiger partial charge < -0.3 is 15.4 Å². The average molecular weight is 529 g/mol. The van der Waals surface area contributed by atoms with E-state index in [1.165, 1.54) is 37.7 Å². The molecule has 5 rings (SSSR count). The fraction of sp³-hybridized carbons (Fsp3) is 0.276. The molecule has 1 aliphatic heterocycles. The molecule has 0 aliphatic carbocycles. The fourth-order valence-electron chi connectivity index (χ4n) is 5.00. The van der Waals surface area contributed by atoms with Crippen LogP contribution in [0.3, 0.4) is 0 Å². The molecule has 0 saturated carbocycles. The lowest BCUT2D eigenvalue weighted by Gasteiger charge is -2.32. The molecule has 0 radical (unpaired) electrons. The Balaban J connectivity index is 1.38. The van der Waals surface area contributed by atoms with Gasteiger partial charge in [0, 0.05) is 25.1 Å². The van der Waals surface area contributed by atoms with Gasteiger partial charge in [0.25, 0.3) is 0 Å². The van der Waals surface area contributed by atoms with Crippen molar-refractivity contribution < 1.29 is 18.7 Å². The number of ether oxygens (including phenoxy) is 1. The van der Waals surface area contributed by atoms with Crippen molar-refractivity contribution in [2.75, 3.05) is 25.9 Å². The molecule has 1 saturated heterocycles. The molecule has 200 valence electrons. The van der Waals surface area contributed by atoms with Crippen molar-refractivity contribution >= 4 is 28.5 Å². The average Bonchev–Trinajstić information content (AvgIpc) is 3.37. The summed E-state index contributed by atoms with van der Waals surface area (Å²) in [5.74, 6) is -0.193. The Morgan fingerprint density at radius 1 is 1.21 bits per heavy atom. The number of nitrogens with zero attached hydrogens (tertiary/aromatic N) is 5. The number of methoxy groups -OCH3 is 1. The Morgan fingerprint density at radius 2 is 2.00 bits per heavy atom. The molecule has 3 heterocycles. The smallest absolute Gasteiger partial charge is 0.246 e. The molecule has 0 bridgehead atoms. The summed E-state index contributed by atoms with van der Waals surface area (Å²) in [4.78, 5) is 35.3. The number of fused-ring (bicyclic) bond motifs is 1. The quantitative estimate of drug-likeness (QED) is 0.266. The summed E-state index contributed by atoms with van der Waals surface area (Å²) in [5.41, 5.74) is 9.31. The molecule has 9 nitrogen and oxygen atoms in total. The zero-order valence-electron chi connectivity index (χ0n) is 21.6. The minimum Gasteiger partial charge on any atom is -0.497 e. The van der Waals surface area contributed by atoms with Crippen molar-refractivity contribution in [1.82, 2.24) is 24.6 Å². The Kier molecular flexibility index (Phi) is 7.36. The minimum absolute atomic E-state index is 0.0227. The largest absolute Gasteiger partial charge is 0.497 e. The Labute approximate surface area is 225 Å². The Bertz CT molecular complexity index is 1550. The predicted molar refractivity (Wildman–Crippen MR) is 146 cm³/mol. The first-order valence-corrected chi connectivity index (χ1v) is 12.8. The zero-order chi connectivity index (χ0) is 27.5. The number of benzene rings is 2. The predicted octanol–water partition coefficient (Wildman–Crippen LogP) is 4.39. The highest BCUT2D eigenvalue weighted by atomic mass is 19.1. The van der Waals surface area contributed by atoms with Crippen LogP contribution in [0.25, 0.3) is 22.3 Å². The summed E-state index contributed by atoms with van der Waals surface area (Å²) in [7, 11) is 1.47. The van der Waals surface area contributed by atoms with Crippen molar-refractivity contribution in [2.24, 2.45) is 0 Å². The van der Waals surface area contributed by atoms with Crippen LogP contribution in [0.1, 0.15) is 41.2 Å². The first kappa shape index (κ1) is 26.0. The topological polar surface area (TPSA) is 116 Å². The van der Waals surface area contributed by atoms with Crippen molar-refractivity contribution in [2.45, 2.75) is 31.7 Å². The number of aryl methyl sites for hydroxylation is 1. The molecule has 1 aliphatic rings. The van der Waals surface area contributed by atoms with E-state index in [-0.39, 0.29) is 29.7 Å². The van der Waals surface area contributed by atoms with Crippen LogP contribution in [0.5, 0.6) is 5.75 Å². The number of nitrogens with two attached hydrogens (primary N) is 1. The van der Waals surface area contributed by atoms with Gasteiger partial charge in [-0.25, -0.2) is 19.0 Å². The van der Waals surface area contributed by atoms with Crippen LogP contribution < -0.4 is 10.5 Å². The number of nitrogen functional groups attached to an aromatic ring is 1. The molecule has 4 aromatic rings. The first-order valence-electron chi connectivity index (χ1n) is 12.8. The lowest BCUT2D eigenvalue weighted by molar-refractivity contribution is -0.127. The van der Waals surface area contributed by atoms with Gasteiger partial charge in [-0.15, -0.1) is 0 Å². The Morgan fingerprint density at radius 3 is 2.74 bits per heavy atom. The van der Waals surface area contributed by atoms with Gasteiger partial charge in [-0.1, -0.05) is 30.8 Å². The third-order valence-corrected chi connectivity index (χ3v) is 7.09. The summed E-state index contributed by atoms with van der Waals surface area (Å²) in [6.07, 6.45) is 5.04. The minimum atomic E-state index is -0.562. The molecule has 0 spiro atoms. The number of halogens is 1. The fourth-order valence-corrected chi connectivity index (χ4v) is 5.00. The number of aromatic nitrogens is 4. The molecule has 2 aromatic heterocycles. The molecule has 2 aromatic carbocycles. The summed E-state index contributed by atoms with van der Waals surface area (Å²) in [5, 5.41) is 5.55. The number of anilines is 1. The van der Waals surface area contributed by atoms with Gasteiger partial charge in [-0.2, -0.15) is 5.10 Å². The van der Waals surface area contributed by atoms with Gasteiger partial charge in [0.1, 0.15) is 29.4 Å². The molecule has 1 unspecified atom stereocenters. The van der Waals surface area contributed by atoms with Gasteiger partial charge in [0.2, 0.25) is 5.91 Å². The molecule has 2 N–H and O–H groups in total. The second kappa shape index (κ2) is 11.0. The van der Waals surface area contributed by atoms with E-state index in [0.717, 1.165) is 24.0 Å². The number of ketones is 1. The number of hydrogen-bond acceptors (Lipinski definition) is 7. The second-order valence-electron chi connectivity index (χ2n) is 9.50. The van der Waals surface area contributed by atoms with Gasteiger partial charge in [0.15, 0.2) is 11.4 Å². The maximum absolute atomic E-state index is 14.2. The third-order valence-electron chi connectivity index (χ3n) is 7.09. The number of likely N-dealkylation sites (tertiary alicyclic amines) is 1. The number of piperidine rings is 1. The van der Waals surface area contributed by atoms with E-state index in [4.69, 9.17) is 15.6 Å². The van der Waals surface area contributed by atoms with Crippen molar-refractivity contribution in [3.8, 4) is 17.0 Å². The van der Waals surface area contributed by atoms with E-state index in [9.17, 15) is 14.0 Å². The van der Waals surface area contributed by atoms with Crippen LogP contribution in [0.15, 0.2) is 61.4 Å². The van der Waals surface area contributed by atoms with Crippen LogP contribution >= 0.6 is 0 Å². The van der Waals surface area contributed by atoms with Crippen LogP contribution in [-0.2, 0) is 11.2 Å². The van der Waals surface area contributed by atoms with Crippen molar-refractivity contribution in [3.05, 3.63) is 78.4 Å². The summed E-state index contributed by atoms with van der Waals surface area (Å²) in [6.45, 7) is 4.79. The van der Waals surface area contributed by atoms with Gasteiger partial charge >= 0.3 is 0 Å². The van der Waals surface area contributed by atoms with Crippen molar-refractivity contribution in [3.63, 3.8) is 0 Å². The molecule has 1 atom stereocenters. The van der Waals surface area contributed by atoms with E-state index >= 15 is 0 Å². The zero-order valence-corrected chi connectivity index (χ0v) is 21.6. The van der Waals surface area contributed by atoms with E-state index < -0.39 is 5.82 Å². The SMILES string of the molecule is C=CC(=O)N1CCCC(n2nc(-c3ccc(CCC(=O)c4cc(OC)ccc4F)cc3)c3c(N)ncnc32)C1.